The number of rotatable bonds is 4. The van der Waals surface area contributed by atoms with E-state index >= 15 is 0 Å². The van der Waals surface area contributed by atoms with Crippen LogP contribution in [0.5, 0.6) is 0 Å². The lowest BCUT2D eigenvalue weighted by molar-refractivity contribution is 0.927. The second-order valence-corrected chi connectivity index (χ2v) is 5.80. The molecule has 1 fully saturated rings. The van der Waals surface area contributed by atoms with E-state index in [1.54, 1.807) is 0 Å². The maximum atomic E-state index is 4.20. The van der Waals surface area contributed by atoms with E-state index in [4.69, 9.17) is 0 Å². The van der Waals surface area contributed by atoms with Crippen molar-refractivity contribution < 1.29 is 0 Å². The SMILES string of the molecule is CSC1(CNc2nncc3ccccc23)CC1. The average Bonchev–Trinajstić information content (AvgIpc) is 3.17. The minimum atomic E-state index is 0.443. The largest absolute Gasteiger partial charge is 0.367 e. The van der Waals surface area contributed by atoms with E-state index in [1.165, 1.54) is 12.8 Å². The first-order valence-corrected chi connectivity index (χ1v) is 7.05. The van der Waals surface area contributed by atoms with Crippen molar-refractivity contribution in [3.05, 3.63) is 30.5 Å². The fraction of sp³-hybridized carbons (Fsp3) is 0.385. The third-order valence-electron chi connectivity index (χ3n) is 3.39. The summed E-state index contributed by atoms with van der Waals surface area (Å²) in [5.41, 5.74) is 0. The molecule has 17 heavy (non-hydrogen) atoms. The highest BCUT2D eigenvalue weighted by Crippen LogP contribution is 2.47. The normalized spacial score (nSPS) is 17.0. The molecule has 1 aromatic heterocycles. The quantitative estimate of drug-likeness (QED) is 0.898. The third-order valence-corrected chi connectivity index (χ3v) is 4.81. The molecule has 0 aliphatic heterocycles. The second-order valence-electron chi connectivity index (χ2n) is 4.52. The van der Waals surface area contributed by atoms with Gasteiger partial charge < -0.3 is 5.32 Å². The smallest absolute Gasteiger partial charge is 0.156 e. The van der Waals surface area contributed by atoms with Crippen LogP contribution in [0.2, 0.25) is 0 Å². The van der Waals surface area contributed by atoms with Crippen molar-refractivity contribution in [2.24, 2.45) is 0 Å². The molecule has 1 saturated carbocycles. The zero-order valence-corrected chi connectivity index (χ0v) is 10.6. The molecule has 3 nitrogen and oxygen atoms in total. The predicted molar refractivity (Wildman–Crippen MR) is 73.5 cm³/mol. The summed E-state index contributed by atoms with van der Waals surface area (Å²) < 4.78 is 0.443. The monoisotopic (exact) mass is 245 g/mol. The van der Waals surface area contributed by atoms with Crippen LogP contribution in [0, 0.1) is 0 Å². The molecule has 0 spiro atoms. The van der Waals surface area contributed by atoms with Gasteiger partial charge >= 0.3 is 0 Å². The Morgan fingerprint density at radius 1 is 1.35 bits per heavy atom. The van der Waals surface area contributed by atoms with E-state index in [2.05, 4.69) is 33.9 Å². The lowest BCUT2D eigenvalue weighted by atomic mass is 10.2. The van der Waals surface area contributed by atoms with Crippen molar-refractivity contribution in [1.82, 2.24) is 10.2 Å². The topological polar surface area (TPSA) is 37.8 Å². The molecule has 4 heteroatoms. The van der Waals surface area contributed by atoms with E-state index in [0.717, 1.165) is 23.1 Å². The second kappa shape index (κ2) is 4.18. The molecule has 88 valence electrons. The van der Waals surface area contributed by atoms with Crippen LogP contribution >= 0.6 is 11.8 Å². The molecule has 2 aromatic rings. The summed E-state index contributed by atoms with van der Waals surface area (Å²) in [7, 11) is 0. The average molecular weight is 245 g/mol. The Kier molecular flexibility index (Phi) is 2.67. The molecule has 3 rings (SSSR count). The van der Waals surface area contributed by atoms with Crippen LogP contribution in [0.15, 0.2) is 30.5 Å². The van der Waals surface area contributed by atoms with Gasteiger partial charge in [-0.15, -0.1) is 5.10 Å². The minimum absolute atomic E-state index is 0.443. The Balaban J connectivity index is 1.85. The molecule has 0 saturated heterocycles. The summed E-state index contributed by atoms with van der Waals surface area (Å²) in [4.78, 5) is 0. The molecule has 0 bridgehead atoms. The van der Waals surface area contributed by atoms with Gasteiger partial charge in [-0.1, -0.05) is 24.3 Å². The standard InChI is InChI=1S/C13H15N3S/c1-17-13(6-7-13)9-14-12-11-5-3-2-4-10(11)8-15-16-12/h2-5,8H,6-7,9H2,1H3,(H,14,16). The number of hydrogen-bond donors (Lipinski definition) is 1. The zero-order chi connectivity index (χ0) is 11.7. The van der Waals surface area contributed by atoms with Gasteiger partial charge in [0, 0.05) is 22.1 Å². The van der Waals surface area contributed by atoms with Crippen LogP contribution in [0.1, 0.15) is 12.8 Å². The van der Waals surface area contributed by atoms with E-state index in [0.29, 0.717) is 4.75 Å². The Bertz CT molecular complexity index is 532. The molecule has 1 aliphatic carbocycles. The molecular formula is C13H15N3S. The van der Waals surface area contributed by atoms with Gasteiger partial charge in [-0.05, 0) is 19.1 Å². The van der Waals surface area contributed by atoms with Crippen LogP contribution in [-0.4, -0.2) is 27.7 Å². The molecule has 0 atom stereocenters. The summed E-state index contributed by atoms with van der Waals surface area (Å²) in [5.74, 6) is 0.906. The number of benzene rings is 1. The highest BCUT2D eigenvalue weighted by atomic mass is 32.2. The highest BCUT2D eigenvalue weighted by Gasteiger charge is 2.41. The Morgan fingerprint density at radius 3 is 2.94 bits per heavy atom. The molecule has 1 heterocycles. The van der Waals surface area contributed by atoms with Crippen molar-refractivity contribution in [2.75, 3.05) is 18.1 Å². The molecular weight excluding hydrogens is 230 g/mol. The first-order valence-electron chi connectivity index (χ1n) is 5.82. The number of anilines is 1. The number of hydrogen-bond acceptors (Lipinski definition) is 4. The van der Waals surface area contributed by atoms with Crippen molar-refractivity contribution in [3.8, 4) is 0 Å². The molecule has 0 amide bonds. The van der Waals surface area contributed by atoms with Crippen LogP contribution < -0.4 is 5.32 Å². The summed E-state index contributed by atoms with van der Waals surface area (Å²) in [6.07, 6.45) is 6.60. The van der Waals surface area contributed by atoms with Crippen LogP contribution in [0.3, 0.4) is 0 Å². The highest BCUT2D eigenvalue weighted by molar-refractivity contribution is 8.00. The lowest BCUT2D eigenvalue weighted by Crippen LogP contribution is -2.18. The Hall–Kier alpha value is -1.29. The number of aromatic nitrogens is 2. The molecule has 1 N–H and O–H groups in total. The van der Waals surface area contributed by atoms with Gasteiger partial charge in [0.15, 0.2) is 5.82 Å². The fourth-order valence-electron chi connectivity index (χ4n) is 2.00. The van der Waals surface area contributed by atoms with Crippen LogP contribution in [0.4, 0.5) is 5.82 Å². The van der Waals surface area contributed by atoms with Gasteiger partial charge in [0.25, 0.3) is 0 Å². The van der Waals surface area contributed by atoms with Crippen LogP contribution in [0.25, 0.3) is 10.8 Å². The summed E-state index contributed by atoms with van der Waals surface area (Å²) >= 11 is 1.95. The number of fused-ring (bicyclic) bond motifs is 1. The minimum Gasteiger partial charge on any atom is -0.367 e. The van der Waals surface area contributed by atoms with E-state index in [9.17, 15) is 0 Å². The lowest BCUT2D eigenvalue weighted by Gasteiger charge is -2.14. The van der Waals surface area contributed by atoms with Crippen LogP contribution in [-0.2, 0) is 0 Å². The number of nitrogens with one attached hydrogen (secondary N) is 1. The summed E-state index contributed by atoms with van der Waals surface area (Å²) in [6, 6.07) is 8.22. The van der Waals surface area contributed by atoms with Gasteiger partial charge in [-0.2, -0.15) is 16.9 Å². The molecule has 0 unspecified atom stereocenters. The predicted octanol–water partition coefficient (Wildman–Crippen LogP) is 2.94. The molecule has 1 aromatic carbocycles. The Labute approximate surface area is 105 Å². The fourth-order valence-corrected chi connectivity index (χ4v) is 2.72. The zero-order valence-electron chi connectivity index (χ0n) is 9.81. The molecule has 1 aliphatic rings. The van der Waals surface area contributed by atoms with Gasteiger partial charge in [-0.3, -0.25) is 0 Å². The molecule has 0 radical (unpaired) electrons. The van der Waals surface area contributed by atoms with Crippen molar-refractivity contribution in [2.45, 2.75) is 17.6 Å². The number of nitrogens with zero attached hydrogens (tertiary/aromatic N) is 2. The van der Waals surface area contributed by atoms with Gasteiger partial charge in [0.1, 0.15) is 0 Å². The maximum Gasteiger partial charge on any atom is 0.156 e. The van der Waals surface area contributed by atoms with Gasteiger partial charge in [0.05, 0.1) is 6.20 Å². The summed E-state index contributed by atoms with van der Waals surface area (Å²) in [5, 5.41) is 14.0. The van der Waals surface area contributed by atoms with Crippen molar-refractivity contribution in [1.29, 1.82) is 0 Å². The summed E-state index contributed by atoms with van der Waals surface area (Å²) in [6.45, 7) is 0.983. The van der Waals surface area contributed by atoms with E-state index in [1.807, 2.05) is 30.1 Å². The first kappa shape index (κ1) is 10.8. The maximum absolute atomic E-state index is 4.20. The van der Waals surface area contributed by atoms with Crippen molar-refractivity contribution in [3.63, 3.8) is 0 Å². The van der Waals surface area contributed by atoms with Gasteiger partial charge in [-0.25, -0.2) is 0 Å². The van der Waals surface area contributed by atoms with Crippen molar-refractivity contribution >= 4 is 28.4 Å². The van der Waals surface area contributed by atoms with E-state index in [-0.39, 0.29) is 0 Å². The Morgan fingerprint density at radius 2 is 2.18 bits per heavy atom. The van der Waals surface area contributed by atoms with E-state index < -0.39 is 0 Å². The number of thioether (sulfide) groups is 1. The first-order chi connectivity index (χ1) is 8.33. The van der Waals surface area contributed by atoms with Gasteiger partial charge in [0.2, 0.25) is 0 Å². The third kappa shape index (κ3) is 2.09.